The number of carbonyl (C=O) groups is 1. The number of amides is 1. The van der Waals surface area contributed by atoms with Crippen molar-refractivity contribution >= 4 is 15.9 Å². The van der Waals surface area contributed by atoms with Crippen LogP contribution in [0.15, 0.2) is 24.3 Å². The van der Waals surface area contributed by atoms with Gasteiger partial charge in [-0.3, -0.25) is 4.79 Å². The first kappa shape index (κ1) is 16.1. The van der Waals surface area contributed by atoms with E-state index in [0.29, 0.717) is 17.7 Å². The number of nitriles is 1. The van der Waals surface area contributed by atoms with Crippen LogP contribution in [0, 0.1) is 11.3 Å². The zero-order valence-corrected chi connectivity index (χ0v) is 12.2. The maximum Gasteiger partial charge on any atom is 0.237 e. The fraction of sp³-hybridized carbons (Fsp3) is 0.385. The number of sulfonamides is 1. The van der Waals surface area contributed by atoms with E-state index < -0.39 is 16.1 Å². The molecule has 0 aliphatic rings. The van der Waals surface area contributed by atoms with Crippen LogP contribution >= 0.6 is 0 Å². The zero-order chi connectivity index (χ0) is 15.2. The van der Waals surface area contributed by atoms with E-state index in [2.05, 4.69) is 10.0 Å². The standard InChI is InChI=1S/C13H17N3O3S/c1-3-15-13(17)10(2)16-20(18,19)9-12-7-5-4-6-11(12)8-14/h4-7,10,16H,3,9H2,1-2H3,(H,15,17). The summed E-state index contributed by atoms with van der Waals surface area (Å²) >= 11 is 0. The predicted molar refractivity (Wildman–Crippen MR) is 75.1 cm³/mol. The molecule has 7 heteroatoms. The molecule has 6 nitrogen and oxygen atoms in total. The molecule has 0 radical (unpaired) electrons. The molecule has 0 saturated carbocycles. The minimum Gasteiger partial charge on any atom is -0.355 e. The Morgan fingerprint density at radius 3 is 2.65 bits per heavy atom. The van der Waals surface area contributed by atoms with E-state index in [9.17, 15) is 13.2 Å². The van der Waals surface area contributed by atoms with Gasteiger partial charge in [0.05, 0.1) is 23.4 Å². The second kappa shape index (κ2) is 7.03. The van der Waals surface area contributed by atoms with Crippen molar-refractivity contribution in [2.45, 2.75) is 25.6 Å². The van der Waals surface area contributed by atoms with Gasteiger partial charge in [-0.05, 0) is 25.5 Å². The molecule has 0 aliphatic heterocycles. The van der Waals surface area contributed by atoms with Gasteiger partial charge in [-0.25, -0.2) is 13.1 Å². The summed E-state index contributed by atoms with van der Waals surface area (Å²) in [5.74, 6) is -0.717. The summed E-state index contributed by atoms with van der Waals surface area (Å²) < 4.78 is 26.3. The molecule has 20 heavy (non-hydrogen) atoms. The van der Waals surface area contributed by atoms with E-state index in [4.69, 9.17) is 5.26 Å². The summed E-state index contributed by atoms with van der Waals surface area (Å²) in [5, 5.41) is 11.5. The number of nitrogens with zero attached hydrogens (tertiary/aromatic N) is 1. The van der Waals surface area contributed by atoms with Gasteiger partial charge in [0.1, 0.15) is 0 Å². The van der Waals surface area contributed by atoms with E-state index in [1.165, 1.54) is 6.92 Å². The van der Waals surface area contributed by atoms with Gasteiger partial charge >= 0.3 is 0 Å². The third-order valence-corrected chi connectivity index (χ3v) is 3.99. The summed E-state index contributed by atoms with van der Waals surface area (Å²) in [6.07, 6.45) is 0. The summed E-state index contributed by atoms with van der Waals surface area (Å²) in [4.78, 5) is 11.5. The van der Waals surface area contributed by atoms with Crippen molar-refractivity contribution in [2.24, 2.45) is 0 Å². The van der Waals surface area contributed by atoms with E-state index in [-0.39, 0.29) is 11.7 Å². The molecule has 0 spiro atoms. The molecule has 0 saturated heterocycles. The summed E-state index contributed by atoms with van der Waals surface area (Å²) in [5.41, 5.74) is 0.717. The number of rotatable bonds is 6. The van der Waals surface area contributed by atoms with Gasteiger partial charge in [0.25, 0.3) is 0 Å². The Hall–Kier alpha value is -1.91. The van der Waals surface area contributed by atoms with Crippen LogP contribution in [0.2, 0.25) is 0 Å². The molecule has 1 amide bonds. The minimum atomic E-state index is -3.69. The van der Waals surface area contributed by atoms with Crippen LogP contribution in [-0.2, 0) is 20.6 Å². The van der Waals surface area contributed by atoms with Gasteiger partial charge in [0.2, 0.25) is 15.9 Å². The Bertz CT molecular complexity index is 620. The van der Waals surface area contributed by atoms with Crippen molar-refractivity contribution in [3.05, 3.63) is 35.4 Å². The average Bonchev–Trinajstić information content (AvgIpc) is 2.38. The molecule has 1 rings (SSSR count). The van der Waals surface area contributed by atoms with Crippen molar-refractivity contribution < 1.29 is 13.2 Å². The third kappa shape index (κ3) is 4.64. The lowest BCUT2D eigenvalue weighted by Crippen LogP contribution is -2.45. The molecular weight excluding hydrogens is 278 g/mol. The van der Waals surface area contributed by atoms with Crippen LogP contribution in [0.5, 0.6) is 0 Å². The van der Waals surface area contributed by atoms with Crippen molar-refractivity contribution in [3.63, 3.8) is 0 Å². The number of hydrogen-bond donors (Lipinski definition) is 2. The predicted octanol–water partition coefficient (Wildman–Crippen LogP) is 0.502. The number of benzene rings is 1. The Morgan fingerprint density at radius 2 is 2.05 bits per heavy atom. The fourth-order valence-corrected chi connectivity index (χ4v) is 3.04. The molecule has 108 valence electrons. The van der Waals surface area contributed by atoms with Crippen molar-refractivity contribution in [3.8, 4) is 6.07 Å². The fourth-order valence-electron chi connectivity index (χ4n) is 1.65. The molecule has 2 N–H and O–H groups in total. The molecule has 0 fully saturated rings. The highest BCUT2D eigenvalue weighted by molar-refractivity contribution is 7.88. The Morgan fingerprint density at radius 1 is 1.40 bits per heavy atom. The van der Waals surface area contributed by atoms with Gasteiger partial charge in [0.15, 0.2) is 0 Å². The molecule has 0 aliphatic carbocycles. The van der Waals surface area contributed by atoms with Crippen molar-refractivity contribution in [1.29, 1.82) is 5.26 Å². The summed E-state index contributed by atoms with van der Waals surface area (Å²) in [7, 11) is -3.69. The topological polar surface area (TPSA) is 99.1 Å². The Kier molecular flexibility index (Phi) is 5.67. The zero-order valence-electron chi connectivity index (χ0n) is 11.4. The van der Waals surface area contributed by atoms with Crippen molar-refractivity contribution in [2.75, 3.05) is 6.54 Å². The van der Waals surface area contributed by atoms with Crippen LogP contribution in [0.3, 0.4) is 0 Å². The third-order valence-electron chi connectivity index (χ3n) is 2.58. The lowest BCUT2D eigenvalue weighted by atomic mass is 10.1. The average molecular weight is 295 g/mol. The second-order valence-corrected chi connectivity index (χ2v) is 6.02. The molecule has 1 atom stereocenters. The lowest BCUT2D eigenvalue weighted by molar-refractivity contribution is -0.122. The van der Waals surface area contributed by atoms with E-state index >= 15 is 0 Å². The van der Waals surface area contributed by atoms with Gasteiger partial charge in [0, 0.05) is 6.54 Å². The normalized spacial score (nSPS) is 12.4. The molecule has 1 aromatic carbocycles. The molecule has 1 unspecified atom stereocenters. The van der Waals surface area contributed by atoms with Crippen LogP contribution in [-0.4, -0.2) is 26.9 Å². The van der Waals surface area contributed by atoms with Crippen LogP contribution in [0.4, 0.5) is 0 Å². The molecular formula is C13H17N3O3S. The van der Waals surface area contributed by atoms with Crippen LogP contribution < -0.4 is 10.0 Å². The smallest absolute Gasteiger partial charge is 0.237 e. The molecule has 1 aromatic rings. The van der Waals surface area contributed by atoms with E-state index in [1.807, 2.05) is 6.07 Å². The van der Waals surface area contributed by atoms with Gasteiger partial charge in [-0.1, -0.05) is 18.2 Å². The quantitative estimate of drug-likeness (QED) is 0.798. The van der Waals surface area contributed by atoms with Crippen LogP contribution in [0.25, 0.3) is 0 Å². The highest BCUT2D eigenvalue weighted by atomic mass is 32.2. The van der Waals surface area contributed by atoms with Gasteiger partial charge in [-0.15, -0.1) is 0 Å². The Labute approximate surface area is 118 Å². The first-order valence-electron chi connectivity index (χ1n) is 6.15. The molecule has 0 heterocycles. The first-order valence-corrected chi connectivity index (χ1v) is 7.80. The largest absolute Gasteiger partial charge is 0.355 e. The summed E-state index contributed by atoms with van der Waals surface area (Å²) in [6, 6.07) is 7.55. The second-order valence-electron chi connectivity index (χ2n) is 4.26. The van der Waals surface area contributed by atoms with Gasteiger partial charge < -0.3 is 5.32 Å². The maximum absolute atomic E-state index is 12.0. The summed E-state index contributed by atoms with van der Waals surface area (Å²) in [6.45, 7) is 3.66. The number of carbonyl (C=O) groups excluding carboxylic acids is 1. The number of likely N-dealkylation sites (N-methyl/N-ethyl adjacent to an activating group) is 1. The van der Waals surface area contributed by atoms with E-state index in [1.54, 1.807) is 31.2 Å². The molecule has 0 aromatic heterocycles. The lowest BCUT2D eigenvalue weighted by Gasteiger charge is -2.14. The monoisotopic (exact) mass is 295 g/mol. The number of hydrogen-bond acceptors (Lipinski definition) is 4. The number of nitrogens with one attached hydrogen (secondary N) is 2. The van der Waals surface area contributed by atoms with Crippen molar-refractivity contribution in [1.82, 2.24) is 10.0 Å². The highest BCUT2D eigenvalue weighted by Crippen LogP contribution is 2.11. The van der Waals surface area contributed by atoms with Gasteiger partial charge in [-0.2, -0.15) is 5.26 Å². The highest BCUT2D eigenvalue weighted by Gasteiger charge is 2.21. The maximum atomic E-state index is 12.0. The van der Waals surface area contributed by atoms with E-state index in [0.717, 1.165) is 0 Å². The molecule has 0 bridgehead atoms. The Balaban J connectivity index is 2.81. The SMILES string of the molecule is CCNC(=O)C(C)NS(=O)(=O)Cc1ccccc1C#N. The minimum absolute atomic E-state index is 0.309. The first-order chi connectivity index (χ1) is 9.39. The van der Waals surface area contributed by atoms with Crippen LogP contribution in [0.1, 0.15) is 25.0 Å².